The summed E-state index contributed by atoms with van der Waals surface area (Å²) in [4.78, 5) is 17.9. The van der Waals surface area contributed by atoms with Gasteiger partial charge in [-0.3, -0.25) is 4.79 Å². The van der Waals surface area contributed by atoms with Crippen LogP contribution >= 0.6 is 11.3 Å². The second-order valence-electron chi connectivity index (χ2n) is 5.77. The number of carbonyl (C=O) groups excluding carboxylic acids is 1. The van der Waals surface area contributed by atoms with E-state index in [9.17, 15) is 4.79 Å². The van der Waals surface area contributed by atoms with Gasteiger partial charge in [-0.25, -0.2) is 4.98 Å². The molecule has 0 saturated carbocycles. The fourth-order valence-electron chi connectivity index (χ4n) is 2.68. The topological polar surface area (TPSA) is 42.0 Å². The van der Waals surface area contributed by atoms with E-state index in [0.717, 1.165) is 30.3 Å². The Labute approximate surface area is 129 Å². The van der Waals surface area contributed by atoms with E-state index >= 15 is 0 Å². The molecule has 1 amide bonds. The first-order valence-corrected chi connectivity index (χ1v) is 8.34. The molecule has 4 heteroatoms. The largest absolute Gasteiger partial charge is 0.302 e. The van der Waals surface area contributed by atoms with E-state index in [1.54, 1.807) is 11.3 Å². The van der Waals surface area contributed by atoms with Crippen LogP contribution < -0.4 is 5.32 Å². The van der Waals surface area contributed by atoms with Crippen molar-refractivity contribution in [2.24, 2.45) is 5.92 Å². The number of fused-ring (bicyclic) bond motifs is 1. The molecule has 1 atom stereocenters. The third-order valence-electron chi connectivity index (χ3n) is 3.92. The fourth-order valence-corrected chi connectivity index (χ4v) is 3.87. The summed E-state index contributed by atoms with van der Waals surface area (Å²) >= 11 is 1.65. The zero-order chi connectivity index (χ0) is 14.7. The predicted octanol–water partition coefficient (Wildman–Crippen LogP) is 3.84. The lowest BCUT2D eigenvalue weighted by Crippen LogP contribution is -2.12. The third kappa shape index (κ3) is 3.70. The van der Waals surface area contributed by atoms with Gasteiger partial charge in [-0.2, -0.15) is 0 Å². The Morgan fingerprint density at radius 2 is 2.19 bits per heavy atom. The molecule has 1 N–H and O–H groups in total. The highest BCUT2D eigenvalue weighted by atomic mass is 32.1. The van der Waals surface area contributed by atoms with Crippen molar-refractivity contribution in [2.75, 3.05) is 5.32 Å². The quantitative estimate of drug-likeness (QED) is 0.932. The molecule has 0 fully saturated rings. The minimum Gasteiger partial charge on any atom is -0.302 e. The van der Waals surface area contributed by atoms with Crippen LogP contribution in [0.2, 0.25) is 0 Å². The standard InChI is InChI=1S/C17H20N2OS/c1-12-7-9-14-15(11-12)21-17(18-14)19-16(20)10-8-13-5-3-2-4-6-13/h2-6,12H,7-11H2,1H3,(H,18,19,20)/t12-/m1/s1. The van der Waals surface area contributed by atoms with Crippen molar-refractivity contribution in [3.05, 3.63) is 46.5 Å². The molecule has 0 spiro atoms. The lowest BCUT2D eigenvalue weighted by molar-refractivity contribution is -0.116. The Balaban J connectivity index is 1.55. The molecule has 0 bridgehead atoms. The van der Waals surface area contributed by atoms with Gasteiger partial charge >= 0.3 is 0 Å². The van der Waals surface area contributed by atoms with E-state index in [2.05, 4.69) is 29.4 Å². The molecule has 21 heavy (non-hydrogen) atoms. The number of nitrogens with zero attached hydrogens (tertiary/aromatic N) is 1. The fraction of sp³-hybridized carbons (Fsp3) is 0.412. The number of aromatic nitrogens is 1. The van der Waals surface area contributed by atoms with Gasteiger partial charge in [0.2, 0.25) is 5.91 Å². The Morgan fingerprint density at radius 1 is 1.38 bits per heavy atom. The van der Waals surface area contributed by atoms with Gasteiger partial charge in [0.25, 0.3) is 0 Å². The molecule has 1 heterocycles. The molecule has 110 valence electrons. The SMILES string of the molecule is C[C@@H]1CCc2nc(NC(=O)CCc3ccccc3)sc2C1. The van der Waals surface area contributed by atoms with Gasteiger partial charge in [-0.15, -0.1) is 11.3 Å². The molecule has 0 radical (unpaired) electrons. The molecule has 1 aliphatic carbocycles. The van der Waals surface area contributed by atoms with Crippen molar-refractivity contribution >= 4 is 22.4 Å². The van der Waals surface area contributed by atoms with E-state index in [0.29, 0.717) is 6.42 Å². The Morgan fingerprint density at radius 3 is 3.00 bits per heavy atom. The average Bonchev–Trinajstić information content (AvgIpc) is 2.87. The van der Waals surface area contributed by atoms with Gasteiger partial charge in [-0.05, 0) is 37.2 Å². The monoisotopic (exact) mass is 300 g/mol. The van der Waals surface area contributed by atoms with Crippen molar-refractivity contribution in [3.63, 3.8) is 0 Å². The summed E-state index contributed by atoms with van der Waals surface area (Å²) < 4.78 is 0. The van der Waals surface area contributed by atoms with Gasteiger partial charge in [-0.1, -0.05) is 37.3 Å². The smallest absolute Gasteiger partial charge is 0.226 e. The first-order chi connectivity index (χ1) is 10.2. The predicted molar refractivity (Wildman–Crippen MR) is 86.7 cm³/mol. The van der Waals surface area contributed by atoms with E-state index in [1.165, 1.54) is 22.6 Å². The number of amides is 1. The normalized spacial score (nSPS) is 17.3. The van der Waals surface area contributed by atoms with Crippen LogP contribution in [0.15, 0.2) is 30.3 Å². The number of rotatable bonds is 4. The molecule has 1 aromatic carbocycles. The minimum atomic E-state index is 0.0537. The first kappa shape index (κ1) is 14.3. The molecule has 1 aliphatic rings. The molecule has 0 unspecified atom stereocenters. The van der Waals surface area contributed by atoms with Crippen LogP contribution in [0.5, 0.6) is 0 Å². The van der Waals surface area contributed by atoms with Gasteiger partial charge in [0, 0.05) is 11.3 Å². The summed E-state index contributed by atoms with van der Waals surface area (Å²) in [6.07, 6.45) is 4.64. The third-order valence-corrected chi connectivity index (χ3v) is 4.95. The number of nitrogens with one attached hydrogen (secondary N) is 1. The highest BCUT2D eigenvalue weighted by molar-refractivity contribution is 7.15. The lowest BCUT2D eigenvalue weighted by Gasteiger charge is -2.15. The van der Waals surface area contributed by atoms with E-state index in [1.807, 2.05) is 18.2 Å². The van der Waals surface area contributed by atoms with Crippen LogP contribution in [0.1, 0.15) is 35.9 Å². The number of hydrogen-bond donors (Lipinski definition) is 1. The molecule has 3 rings (SSSR count). The second-order valence-corrected chi connectivity index (χ2v) is 6.85. The van der Waals surface area contributed by atoms with Gasteiger partial charge < -0.3 is 5.32 Å². The van der Waals surface area contributed by atoms with Crippen LogP contribution in [-0.4, -0.2) is 10.9 Å². The second kappa shape index (κ2) is 6.39. The number of carbonyl (C=O) groups is 1. The Kier molecular flexibility index (Phi) is 4.34. The van der Waals surface area contributed by atoms with Crippen molar-refractivity contribution in [1.29, 1.82) is 0 Å². The number of benzene rings is 1. The highest BCUT2D eigenvalue weighted by Gasteiger charge is 2.20. The molecule has 2 aromatic rings. The minimum absolute atomic E-state index is 0.0537. The highest BCUT2D eigenvalue weighted by Crippen LogP contribution is 2.32. The van der Waals surface area contributed by atoms with E-state index in [4.69, 9.17) is 0 Å². The van der Waals surface area contributed by atoms with Crippen LogP contribution in [0, 0.1) is 5.92 Å². The molecule has 0 aliphatic heterocycles. The number of anilines is 1. The Hall–Kier alpha value is -1.68. The number of hydrogen-bond acceptors (Lipinski definition) is 3. The summed E-state index contributed by atoms with van der Waals surface area (Å²) in [5.41, 5.74) is 2.39. The summed E-state index contributed by atoms with van der Waals surface area (Å²) in [5.74, 6) is 0.789. The van der Waals surface area contributed by atoms with Crippen molar-refractivity contribution in [3.8, 4) is 0 Å². The maximum absolute atomic E-state index is 12.0. The van der Waals surface area contributed by atoms with E-state index in [-0.39, 0.29) is 5.91 Å². The van der Waals surface area contributed by atoms with Gasteiger partial charge in [0.1, 0.15) is 0 Å². The Bertz CT molecular complexity index is 621. The van der Waals surface area contributed by atoms with Crippen molar-refractivity contribution < 1.29 is 4.79 Å². The van der Waals surface area contributed by atoms with Crippen LogP contribution in [0.3, 0.4) is 0 Å². The number of thiazole rings is 1. The summed E-state index contributed by atoms with van der Waals surface area (Å²) in [6, 6.07) is 10.1. The summed E-state index contributed by atoms with van der Waals surface area (Å²) in [7, 11) is 0. The average molecular weight is 300 g/mol. The zero-order valence-electron chi connectivity index (χ0n) is 12.3. The number of aryl methyl sites for hydroxylation is 2. The first-order valence-electron chi connectivity index (χ1n) is 7.53. The van der Waals surface area contributed by atoms with Crippen LogP contribution in [-0.2, 0) is 24.1 Å². The summed E-state index contributed by atoms with van der Waals surface area (Å²) in [5, 5.41) is 3.72. The molecular weight excluding hydrogens is 280 g/mol. The maximum Gasteiger partial charge on any atom is 0.226 e. The van der Waals surface area contributed by atoms with Crippen molar-refractivity contribution in [1.82, 2.24) is 4.98 Å². The lowest BCUT2D eigenvalue weighted by atomic mass is 9.93. The molecule has 0 saturated heterocycles. The van der Waals surface area contributed by atoms with Crippen LogP contribution in [0.4, 0.5) is 5.13 Å². The zero-order valence-corrected chi connectivity index (χ0v) is 13.1. The maximum atomic E-state index is 12.0. The van der Waals surface area contributed by atoms with Gasteiger partial charge in [0.15, 0.2) is 5.13 Å². The van der Waals surface area contributed by atoms with E-state index < -0.39 is 0 Å². The molecular formula is C17H20N2OS. The van der Waals surface area contributed by atoms with Crippen LogP contribution in [0.25, 0.3) is 0 Å². The summed E-state index contributed by atoms with van der Waals surface area (Å²) in [6.45, 7) is 2.28. The molecule has 3 nitrogen and oxygen atoms in total. The molecule has 1 aromatic heterocycles. The van der Waals surface area contributed by atoms with Gasteiger partial charge in [0.05, 0.1) is 5.69 Å². The van der Waals surface area contributed by atoms with Crippen molar-refractivity contribution in [2.45, 2.75) is 39.0 Å².